The molecule has 1 heterocycles. The summed E-state index contributed by atoms with van der Waals surface area (Å²) in [7, 11) is 0. The number of benzene rings is 1. The number of rotatable bonds is 4. The van der Waals surface area contributed by atoms with Crippen LogP contribution in [-0.2, 0) is 4.79 Å². The van der Waals surface area contributed by atoms with Gasteiger partial charge in [-0.15, -0.1) is 0 Å². The fourth-order valence-corrected chi connectivity index (χ4v) is 2.16. The van der Waals surface area contributed by atoms with Gasteiger partial charge in [-0.1, -0.05) is 19.1 Å². The summed E-state index contributed by atoms with van der Waals surface area (Å²) in [6.07, 6.45) is 0.924. The Bertz CT molecular complexity index is 454. The van der Waals surface area contributed by atoms with Crippen LogP contribution in [-0.4, -0.2) is 25.1 Å². The zero-order chi connectivity index (χ0) is 13.8. The molecule has 1 aliphatic rings. The second-order valence-corrected chi connectivity index (χ2v) is 4.56. The number of anilines is 1. The van der Waals surface area contributed by atoms with Crippen LogP contribution in [0, 0.1) is 5.92 Å². The molecule has 0 spiro atoms. The van der Waals surface area contributed by atoms with Gasteiger partial charge >= 0.3 is 6.61 Å². The fourth-order valence-electron chi connectivity index (χ4n) is 2.16. The third-order valence-electron chi connectivity index (χ3n) is 3.18. The molecule has 19 heavy (non-hydrogen) atoms. The molecule has 0 saturated carbocycles. The molecule has 1 fully saturated rings. The van der Waals surface area contributed by atoms with Crippen LogP contribution in [0.4, 0.5) is 14.5 Å². The third-order valence-corrected chi connectivity index (χ3v) is 3.18. The van der Waals surface area contributed by atoms with Gasteiger partial charge in [-0.2, -0.15) is 8.78 Å². The minimum atomic E-state index is -2.92. The zero-order valence-electron chi connectivity index (χ0n) is 10.5. The zero-order valence-corrected chi connectivity index (χ0v) is 10.5. The van der Waals surface area contributed by atoms with Gasteiger partial charge < -0.3 is 15.4 Å². The topological polar surface area (TPSA) is 50.4 Å². The molecule has 0 aromatic heterocycles. The fraction of sp³-hybridized carbons (Fsp3) is 0.462. The summed E-state index contributed by atoms with van der Waals surface area (Å²) in [4.78, 5) is 12.0. The Morgan fingerprint density at radius 2 is 2.21 bits per heavy atom. The van der Waals surface area contributed by atoms with E-state index in [1.54, 1.807) is 12.1 Å². The predicted octanol–water partition coefficient (Wildman–Crippen LogP) is 2.22. The standard InChI is InChI=1S/C13H16F2N2O2/c1-8-6-7-16-11(8)12(18)17-9-4-2-3-5-10(9)19-13(14)15/h2-5,8,11,13,16H,6-7H2,1H3,(H,17,18). The van der Waals surface area contributed by atoms with Crippen molar-refractivity contribution in [1.29, 1.82) is 0 Å². The first-order valence-corrected chi connectivity index (χ1v) is 6.16. The maximum atomic E-state index is 12.3. The monoisotopic (exact) mass is 270 g/mol. The van der Waals surface area contributed by atoms with Crippen molar-refractivity contribution < 1.29 is 18.3 Å². The minimum absolute atomic E-state index is 0.0310. The predicted molar refractivity (Wildman–Crippen MR) is 67.3 cm³/mol. The average Bonchev–Trinajstić information content (AvgIpc) is 2.77. The first-order valence-electron chi connectivity index (χ1n) is 6.16. The molecule has 1 aromatic rings. The van der Waals surface area contributed by atoms with Gasteiger partial charge in [0.1, 0.15) is 5.75 Å². The summed E-state index contributed by atoms with van der Waals surface area (Å²) in [5.41, 5.74) is 0.258. The van der Waals surface area contributed by atoms with E-state index >= 15 is 0 Å². The van der Waals surface area contributed by atoms with Gasteiger partial charge in [0.15, 0.2) is 0 Å². The number of halogens is 2. The Morgan fingerprint density at radius 1 is 1.47 bits per heavy atom. The van der Waals surface area contributed by atoms with E-state index in [1.807, 2.05) is 6.92 Å². The molecule has 1 aliphatic heterocycles. The Hall–Kier alpha value is -1.69. The number of alkyl halides is 2. The Balaban J connectivity index is 2.08. The number of nitrogens with one attached hydrogen (secondary N) is 2. The molecular weight excluding hydrogens is 254 g/mol. The van der Waals surface area contributed by atoms with Crippen LogP contribution in [0.1, 0.15) is 13.3 Å². The highest BCUT2D eigenvalue weighted by Gasteiger charge is 2.29. The van der Waals surface area contributed by atoms with Gasteiger partial charge in [-0.25, -0.2) is 0 Å². The molecule has 2 atom stereocenters. The van der Waals surface area contributed by atoms with Crippen molar-refractivity contribution in [2.45, 2.75) is 26.0 Å². The van der Waals surface area contributed by atoms with Crippen LogP contribution < -0.4 is 15.4 Å². The number of carbonyl (C=O) groups is 1. The first kappa shape index (κ1) is 13.7. The van der Waals surface area contributed by atoms with Crippen LogP contribution in [0.3, 0.4) is 0 Å². The Morgan fingerprint density at radius 3 is 2.84 bits per heavy atom. The summed E-state index contributed by atoms with van der Waals surface area (Å²) in [5, 5.41) is 5.71. The van der Waals surface area contributed by atoms with Gasteiger partial charge in [0.2, 0.25) is 5.91 Å². The SMILES string of the molecule is CC1CCNC1C(=O)Nc1ccccc1OC(F)F. The number of hydrogen-bond donors (Lipinski definition) is 2. The van der Waals surface area contributed by atoms with Crippen LogP contribution in [0.5, 0.6) is 5.75 Å². The van der Waals surface area contributed by atoms with Crippen molar-refractivity contribution in [3.63, 3.8) is 0 Å². The van der Waals surface area contributed by atoms with E-state index in [2.05, 4.69) is 15.4 Å². The number of para-hydroxylation sites is 2. The molecule has 2 rings (SSSR count). The molecule has 4 nitrogen and oxygen atoms in total. The summed E-state index contributed by atoms with van der Waals surface area (Å²) < 4.78 is 28.9. The lowest BCUT2D eigenvalue weighted by Gasteiger charge is -2.17. The van der Waals surface area contributed by atoms with Crippen molar-refractivity contribution >= 4 is 11.6 Å². The smallest absolute Gasteiger partial charge is 0.387 e. The number of ether oxygens (including phenoxy) is 1. The van der Waals surface area contributed by atoms with Crippen LogP contribution in [0.2, 0.25) is 0 Å². The van der Waals surface area contributed by atoms with E-state index in [-0.39, 0.29) is 29.3 Å². The average molecular weight is 270 g/mol. The number of carbonyl (C=O) groups excluding carboxylic acids is 1. The highest BCUT2D eigenvalue weighted by atomic mass is 19.3. The molecule has 6 heteroatoms. The van der Waals surface area contributed by atoms with Crippen LogP contribution in [0.15, 0.2) is 24.3 Å². The summed E-state index contributed by atoms with van der Waals surface area (Å²) in [6.45, 7) is -0.151. The normalized spacial score (nSPS) is 22.5. The molecule has 1 amide bonds. The number of hydrogen-bond acceptors (Lipinski definition) is 3. The summed E-state index contributed by atoms with van der Waals surface area (Å²) in [5.74, 6) is -0.0324. The molecule has 2 unspecified atom stereocenters. The molecule has 0 bridgehead atoms. The van der Waals surface area contributed by atoms with Gasteiger partial charge in [0.25, 0.3) is 0 Å². The van der Waals surface area contributed by atoms with Crippen molar-refractivity contribution in [1.82, 2.24) is 5.32 Å². The highest BCUT2D eigenvalue weighted by molar-refractivity contribution is 5.96. The molecule has 1 aromatic carbocycles. The minimum Gasteiger partial charge on any atom is -0.433 e. The van der Waals surface area contributed by atoms with E-state index in [0.717, 1.165) is 13.0 Å². The first-order chi connectivity index (χ1) is 9.08. The highest BCUT2D eigenvalue weighted by Crippen LogP contribution is 2.26. The van der Waals surface area contributed by atoms with E-state index in [9.17, 15) is 13.6 Å². The Kier molecular flexibility index (Phi) is 4.31. The van der Waals surface area contributed by atoms with Gasteiger partial charge in [0.05, 0.1) is 11.7 Å². The Labute approximate surface area is 110 Å². The van der Waals surface area contributed by atoms with Crippen molar-refractivity contribution in [2.75, 3.05) is 11.9 Å². The van der Waals surface area contributed by atoms with Crippen molar-refractivity contribution in [3.05, 3.63) is 24.3 Å². The van der Waals surface area contributed by atoms with Gasteiger partial charge in [0, 0.05) is 0 Å². The second kappa shape index (κ2) is 5.97. The summed E-state index contributed by atoms with van der Waals surface area (Å²) in [6, 6.07) is 5.87. The second-order valence-electron chi connectivity index (χ2n) is 4.56. The van der Waals surface area contributed by atoms with E-state index in [0.29, 0.717) is 0 Å². The lowest BCUT2D eigenvalue weighted by atomic mass is 10.0. The quantitative estimate of drug-likeness (QED) is 0.882. The third kappa shape index (κ3) is 3.41. The maximum absolute atomic E-state index is 12.3. The largest absolute Gasteiger partial charge is 0.433 e. The molecule has 0 radical (unpaired) electrons. The lowest BCUT2D eigenvalue weighted by Crippen LogP contribution is -2.39. The number of amides is 1. The van der Waals surface area contributed by atoms with E-state index in [4.69, 9.17) is 0 Å². The maximum Gasteiger partial charge on any atom is 0.387 e. The summed E-state index contributed by atoms with van der Waals surface area (Å²) >= 11 is 0. The van der Waals surface area contributed by atoms with Crippen LogP contribution >= 0.6 is 0 Å². The molecule has 1 saturated heterocycles. The molecule has 104 valence electrons. The molecule has 2 N–H and O–H groups in total. The van der Waals surface area contributed by atoms with Crippen molar-refractivity contribution in [2.24, 2.45) is 5.92 Å². The van der Waals surface area contributed by atoms with Crippen molar-refractivity contribution in [3.8, 4) is 5.75 Å². The van der Waals surface area contributed by atoms with Gasteiger partial charge in [-0.3, -0.25) is 4.79 Å². The van der Waals surface area contributed by atoms with Gasteiger partial charge in [-0.05, 0) is 31.0 Å². The van der Waals surface area contributed by atoms with E-state index in [1.165, 1.54) is 12.1 Å². The van der Waals surface area contributed by atoms with Crippen LogP contribution in [0.25, 0.3) is 0 Å². The lowest BCUT2D eigenvalue weighted by molar-refractivity contribution is -0.118. The molecule has 0 aliphatic carbocycles. The van der Waals surface area contributed by atoms with E-state index < -0.39 is 6.61 Å². The molecular formula is C13H16F2N2O2.